The molecular weight excluding hydrogens is 430 g/mol. The van der Waals surface area contributed by atoms with Crippen LogP contribution in [0.15, 0.2) is 71.7 Å². The highest BCUT2D eigenvalue weighted by Gasteiger charge is 2.23. The topological polar surface area (TPSA) is 92.9 Å². The summed E-state index contributed by atoms with van der Waals surface area (Å²) in [6.07, 6.45) is -0.490. The van der Waals surface area contributed by atoms with E-state index in [-0.39, 0.29) is 19.1 Å². The lowest BCUT2D eigenvalue weighted by molar-refractivity contribution is -0.115. The molecule has 1 saturated heterocycles. The third kappa shape index (κ3) is 4.82. The summed E-state index contributed by atoms with van der Waals surface area (Å²) in [5.41, 5.74) is 4.27. The van der Waals surface area contributed by atoms with Crippen molar-refractivity contribution < 1.29 is 19.0 Å². The summed E-state index contributed by atoms with van der Waals surface area (Å²) in [4.78, 5) is 17.4. The number of nitrogens with one attached hydrogen (secondary N) is 1. The summed E-state index contributed by atoms with van der Waals surface area (Å²) < 4.78 is 16.7. The van der Waals surface area contributed by atoms with Crippen LogP contribution < -0.4 is 10.1 Å². The van der Waals surface area contributed by atoms with Crippen molar-refractivity contribution in [2.45, 2.75) is 12.7 Å². The van der Waals surface area contributed by atoms with Gasteiger partial charge in [0.25, 0.3) is 0 Å². The average Bonchev–Trinajstić information content (AvgIpc) is 3.32. The fraction of sp³-hybridized carbons (Fsp3) is 0.148. The Balaban J connectivity index is 1.59. The number of amides is 1. The van der Waals surface area contributed by atoms with Crippen LogP contribution in [0.4, 0.5) is 11.4 Å². The lowest BCUT2D eigenvalue weighted by atomic mass is 10.0. The number of hydrogen-bond acceptors (Lipinski definition) is 6. The molecule has 0 aromatic heterocycles. The Bertz CT molecular complexity index is 1370. The molecule has 2 heterocycles. The minimum absolute atomic E-state index is 0.0738. The molecule has 5 rings (SSSR count). The largest absolute Gasteiger partial charge is 0.461 e. The molecule has 1 unspecified atom stereocenters. The van der Waals surface area contributed by atoms with Crippen molar-refractivity contribution in [1.82, 2.24) is 0 Å². The summed E-state index contributed by atoms with van der Waals surface area (Å²) in [5.74, 6) is 6.53. The third-order valence-corrected chi connectivity index (χ3v) is 5.25. The second-order valence-corrected chi connectivity index (χ2v) is 7.66. The van der Waals surface area contributed by atoms with Gasteiger partial charge in [-0.05, 0) is 35.9 Å². The minimum atomic E-state index is -0.563. The Morgan fingerprint density at radius 2 is 1.88 bits per heavy atom. The van der Waals surface area contributed by atoms with Gasteiger partial charge in [0.2, 0.25) is 12.2 Å². The number of ether oxygens (including phenoxy) is 3. The normalized spacial score (nSPS) is 16.7. The zero-order valence-corrected chi connectivity index (χ0v) is 18.1. The van der Waals surface area contributed by atoms with E-state index in [9.17, 15) is 10.1 Å². The number of carbonyl (C=O) groups excluding carboxylic acids is 1. The van der Waals surface area contributed by atoms with Crippen LogP contribution in [0, 0.1) is 23.2 Å². The van der Waals surface area contributed by atoms with Crippen LogP contribution in [0.2, 0.25) is 0 Å². The highest BCUT2D eigenvalue weighted by Crippen LogP contribution is 2.36. The fourth-order valence-electron chi connectivity index (χ4n) is 3.61. The Morgan fingerprint density at radius 3 is 2.68 bits per heavy atom. The lowest BCUT2D eigenvalue weighted by Crippen LogP contribution is -2.18. The number of benzene rings is 3. The first-order valence-electron chi connectivity index (χ1n) is 10.7. The fourth-order valence-corrected chi connectivity index (χ4v) is 3.61. The van der Waals surface area contributed by atoms with Gasteiger partial charge in [0.1, 0.15) is 12.4 Å². The van der Waals surface area contributed by atoms with E-state index in [1.165, 1.54) is 0 Å². The average molecular weight is 449 g/mol. The summed E-state index contributed by atoms with van der Waals surface area (Å²) in [6.45, 7) is 0.461. The predicted molar refractivity (Wildman–Crippen MR) is 126 cm³/mol. The summed E-state index contributed by atoms with van der Waals surface area (Å²) in [6, 6.07) is 22.2. The first-order chi connectivity index (χ1) is 16.7. The molecule has 166 valence electrons. The second-order valence-electron chi connectivity index (χ2n) is 7.66. The molecule has 0 radical (unpaired) electrons. The standard InChI is InChI=1S/C27H19N3O4/c28-15-19-7-4-8-20(11-19)22-14-26(31)30-23-12-21(10-9-18-5-2-1-3-6-18)25(13-24(23)29-22)34-27-16-32-17-33-27/h1-8,11-13,27H,14,16-17H2,(H,30,31). The maximum absolute atomic E-state index is 12.7. The minimum Gasteiger partial charge on any atom is -0.461 e. The smallest absolute Gasteiger partial charge is 0.230 e. The lowest BCUT2D eigenvalue weighted by Gasteiger charge is -2.15. The van der Waals surface area contributed by atoms with Crippen LogP contribution in [-0.4, -0.2) is 31.3 Å². The maximum Gasteiger partial charge on any atom is 0.230 e. The zero-order valence-electron chi connectivity index (χ0n) is 18.1. The highest BCUT2D eigenvalue weighted by atomic mass is 16.8. The molecule has 34 heavy (non-hydrogen) atoms. The maximum atomic E-state index is 12.7. The van der Waals surface area contributed by atoms with Crippen LogP contribution >= 0.6 is 0 Å². The Kier molecular flexibility index (Phi) is 6.05. The van der Waals surface area contributed by atoms with Crippen molar-refractivity contribution in [2.75, 3.05) is 18.7 Å². The number of rotatable bonds is 3. The van der Waals surface area contributed by atoms with E-state index in [1.807, 2.05) is 36.4 Å². The Labute approximate surface area is 196 Å². The van der Waals surface area contributed by atoms with Crippen LogP contribution in [-0.2, 0) is 14.3 Å². The molecule has 2 aliphatic rings. The molecule has 7 heteroatoms. The van der Waals surface area contributed by atoms with Gasteiger partial charge in [-0.1, -0.05) is 42.2 Å². The Morgan fingerprint density at radius 1 is 1.03 bits per heavy atom. The van der Waals surface area contributed by atoms with Gasteiger partial charge >= 0.3 is 0 Å². The molecule has 0 bridgehead atoms. The molecule has 2 aliphatic heterocycles. The van der Waals surface area contributed by atoms with Gasteiger partial charge in [-0.3, -0.25) is 4.79 Å². The number of nitriles is 1. The molecule has 1 atom stereocenters. The Hall–Kier alpha value is -4.43. The summed E-state index contributed by atoms with van der Waals surface area (Å²) >= 11 is 0. The first kappa shape index (κ1) is 21.4. The van der Waals surface area contributed by atoms with Crippen LogP contribution in [0.3, 0.4) is 0 Å². The van der Waals surface area contributed by atoms with E-state index in [4.69, 9.17) is 19.2 Å². The predicted octanol–water partition coefficient (Wildman–Crippen LogP) is 4.13. The van der Waals surface area contributed by atoms with Gasteiger partial charge in [0.15, 0.2) is 6.79 Å². The SMILES string of the molecule is N#Cc1cccc(C2=Nc3cc(OC4COCO4)c(C#Cc4ccccc4)cc3NC(=O)C2)c1. The van der Waals surface area contributed by atoms with Gasteiger partial charge in [-0.2, -0.15) is 5.26 Å². The molecule has 3 aromatic carbocycles. The molecule has 1 fully saturated rings. The molecule has 3 aromatic rings. The van der Waals surface area contributed by atoms with Crippen molar-refractivity contribution in [3.05, 3.63) is 89.0 Å². The number of hydrogen-bond donors (Lipinski definition) is 1. The second kappa shape index (κ2) is 9.60. The van der Waals surface area contributed by atoms with E-state index in [2.05, 4.69) is 23.2 Å². The van der Waals surface area contributed by atoms with Crippen molar-refractivity contribution in [3.8, 4) is 23.7 Å². The molecule has 1 N–H and O–H groups in total. The molecule has 7 nitrogen and oxygen atoms in total. The number of aliphatic imine (C=N–C) groups is 1. The van der Waals surface area contributed by atoms with E-state index in [0.29, 0.717) is 46.1 Å². The molecule has 0 saturated carbocycles. The summed E-state index contributed by atoms with van der Waals surface area (Å²) in [7, 11) is 0. The number of fused-ring (bicyclic) bond motifs is 1. The quantitative estimate of drug-likeness (QED) is 0.607. The number of nitrogens with zero attached hydrogens (tertiary/aromatic N) is 2. The van der Waals surface area contributed by atoms with Gasteiger partial charge in [-0.15, -0.1) is 0 Å². The van der Waals surface area contributed by atoms with Crippen molar-refractivity contribution in [2.24, 2.45) is 4.99 Å². The molecule has 1 amide bonds. The monoisotopic (exact) mass is 449 g/mol. The third-order valence-electron chi connectivity index (χ3n) is 5.25. The summed E-state index contributed by atoms with van der Waals surface area (Å²) in [5, 5.41) is 12.2. The van der Waals surface area contributed by atoms with Crippen LogP contribution in [0.5, 0.6) is 5.75 Å². The van der Waals surface area contributed by atoms with Gasteiger partial charge in [0, 0.05) is 11.6 Å². The van der Waals surface area contributed by atoms with Crippen molar-refractivity contribution >= 4 is 23.0 Å². The van der Waals surface area contributed by atoms with E-state index in [0.717, 1.165) is 5.56 Å². The van der Waals surface area contributed by atoms with E-state index < -0.39 is 6.29 Å². The number of anilines is 1. The zero-order chi connectivity index (χ0) is 23.3. The first-order valence-corrected chi connectivity index (χ1v) is 10.7. The van der Waals surface area contributed by atoms with Crippen LogP contribution in [0.25, 0.3) is 0 Å². The number of carbonyl (C=O) groups is 1. The van der Waals surface area contributed by atoms with E-state index >= 15 is 0 Å². The molecule has 0 aliphatic carbocycles. The molecule has 0 spiro atoms. The van der Waals surface area contributed by atoms with Gasteiger partial charge in [0.05, 0.1) is 40.7 Å². The van der Waals surface area contributed by atoms with Gasteiger partial charge < -0.3 is 19.5 Å². The van der Waals surface area contributed by atoms with Crippen molar-refractivity contribution in [3.63, 3.8) is 0 Å². The van der Waals surface area contributed by atoms with Crippen LogP contribution in [0.1, 0.15) is 28.7 Å². The van der Waals surface area contributed by atoms with Crippen molar-refractivity contribution in [1.29, 1.82) is 5.26 Å². The highest BCUT2D eigenvalue weighted by molar-refractivity contribution is 6.17. The van der Waals surface area contributed by atoms with E-state index in [1.54, 1.807) is 30.3 Å². The molecular formula is C27H19N3O4. The van der Waals surface area contributed by atoms with Gasteiger partial charge in [-0.25, -0.2) is 4.99 Å².